The van der Waals surface area contributed by atoms with Crippen LogP contribution in [0.5, 0.6) is 0 Å². The largest absolute Gasteiger partial charge is 0.340 e. The molecule has 1 N–H and O–H groups in total. The molecule has 0 saturated carbocycles. The first-order chi connectivity index (χ1) is 12.8. The first-order valence-electron chi connectivity index (χ1n) is 8.97. The normalized spacial score (nSPS) is 17.1. The maximum Gasteiger partial charge on any atom is 0.225 e. The van der Waals surface area contributed by atoms with E-state index in [1.165, 1.54) is 0 Å². The number of anilines is 3. The van der Waals surface area contributed by atoms with Crippen molar-refractivity contribution in [2.75, 3.05) is 23.3 Å². The van der Waals surface area contributed by atoms with Crippen LogP contribution in [0.25, 0.3) is 0 Å². The lowest BCUT2D eigenvalue weighted by molar-refractivity contribution is 0.495. The van der Waals surface area contributed by atoms with Crippen molar-refractivity contribution in [2.45, 2.75) is 25.7 Å². The maximum absolute atomic E-state index is 4.84. The molecule has 6 nitrogen and oxygen atoms in total. The summed E-state index contributed by atoms with van der Waals surface area (Å²) in [6, 6.07) is 12.0. The van der Waals surface area contributed by atoms with Crippen LogP contribution in [-0.4, -0.2) is 33.0 Å². The van der Waals surface area contributed by atoms with Crippen molar-refractivity contribution in [1.29, 1.82) is 0 Å². The van der Waals surface area contributed by atoms with Crippen LogP contribution in [0.15, 0.2) is 55.0 Å². The summed E-state index contributed by atoms with van der Waals surface area (Å²) in [7, 11) is 0. The molecule has 1 saturated heterocycles. The van der Waals surface area contributed by atoms with Gasteiger partial charge in [0.2, 0.25) is 5.95 Å². The minimum Gasteiger partial charge on any atom is -0.340 e. The summed E-state index contributed by atoms with van der Waals surface area (Å²) in [6.07, 6.45) is 7.62. The lowest BCUT2D eigenvalue weighted by Crippen LogP contribution is -2.35. The second-order valence-corrected chi connectivity index (χ2v) is 6.58. The smallest absolute Gasteiger partial charge is 0.225 e. The van der Waals surface area contributed by atoms with Crippen molar-refractivity contribution in [2.24, 2.45) is 0 Å². The first kappa shape index (κ1) is 16.4. The molecule has 4 heterocycles. The molecule has 1 aliphatic heterocycles. The van der Waals surface area contributed by atoms with Crippen molar-refractivity contribution in [3.8, 4) is 0 Å². The van der Waals surface area contributed by atoms with Crippen molar-refractivity contribution >= 4 is 17.6 Å². The Balaban J connectivity index is 1.52. The zero-order valence-corrected chi connectivity index (χ0v) is 14.8. The number of nitrogens with one attached hydrogen (secondary N) is 1. The highest BCUT2D eigenvalue weighted by Crippen LogP contribution is 2.28. The van der Waals surface area contributed by atoms with Gasteiger partial charge in [-0.05, 0) is 49.6 Å². The van der Waals surface area contributed by atoms with Crippen molar-refractivity contribution < 1.29 is 0 Å². The van der Waals surface area contributed by atoms with E-state index < -0.39 is 0 Å². The molecule has 0 aliphatic carbocycles. The fourth-order valence-electron chi connectivity index (χ4n) is 3.34. The summed E-state index contributed by atoms with van der Waals surface area (Å²) in [5.41, 5.74) is 2.20. The average molecular weight is 346 g/mol. The van der Waals surface area contributed by atoms with E-state index in [1.54, 1.807) is 18.6 Å². The van der Waals surface area contributed by atoms with E-state index in [-0.39, 0.29) is 0 Å². The van der Waals surface area contributed by atoms with E-state index in [9.17, 15) is 0 Å². The van der Waals surface area contributed by atoms with Crippen molar-refractivity contribution in [3.05, 3.63) is 66.2 Å². The highest BCUT2D eigenvalue weighted by molar-refractivity contribution is 5.55. The number of pyridine rings is 2. The summed E-state index contributed by atoms with van der Waals surface area (Å²) in [5, 5.41) is 3.33. The molecule has 1 fully saturated rings. The molecule has 1 atom stereocenters. The Morgan fingerprint density at radius 2 is 1.85 bits per heavy atom. The Morgan fingerprint density at radius 1 is 1.00 bits per heavy atom. The third-order valence-electron chi connectivity index (χ3n) is 4.70. The highest BCUT2D eigenvalue weighted by Gasteiger charge is 2.24. The fraction of sp³-hybridized carbons (Fsp3) is 0.300. The van der Waals surface area contributed by atoms with Gasteiger partial charge in [-0.25, -0.2) is 19.9 Å². The molecule has 26 heavy (non-hydrogen) atoms. The summed E-state index contributed by atoms with van der Waals surface area (Å²) in [5.74, 6) is 2.85. The molecule has 0 radical (unpaired) electrons. The van der Waals surface area contributed by atoms with Crippen LogP contribution in [0.2, 0.25) is 0 Å². The van der Waals surface area contributed by atoms with E-state index >= 15 is 0 Å². The number of hydrogen-bond acceptors (Lipinski definition) is 6. The highest BCUT2D eigenvalue weighted by atomic mass is 15.3. The van der Waals surface area contributed by atoms with Crippen LogP contribution in [0, 0.1) is 6.92 Å². The molecule has 0 bridgehead atoms. The maximum atomic E-state index is 4.84. The van der Waals surface area contributed by atoms with E-state index in [0.717, 1.165) is 54.8 Å². The zero-order valence-electron chi connectivity index (χ0n) is 14.8. The predicted octanol–water partition coefficient (Wildman–Crippen LogP) is 3.70. The monoisotopic (exact) mass is 346 g/mol. The summed E-state index contributed by atoms with van der Waals surface area (Å²) < 4.78 is 0. The standard InChI is InChI=1S/C20H22N6/c1-15-6-3-10-21-19(15)25-18-9-2-8-17(24-18)16-7-4-13-26(14-16)20-22-11-5-12-23-20/h2-3,5-6,8-12,16H,4,7,13-14H2,1H3,(H,21,24,25)/t16-/m1/s1. The van der Waals surface area contributed by atoms with Gasteiger partial charge in [-0.1, -0.05) is 12.1 Å². The van der Waals surface area contributed by atoms with Crippen LogP contribution in [0.3, 0.4) is 0 Å². The Labute approximate surface area is 153 Å². The number of rotatable bonds is 4. The Hall–Kier alpha value is -3.02. The molecule has 3 aromatic rings. The molecular weight excluding hydrogens is 324 g/mol. The summed E-state index contributed by atoms with van der Waals surface area (Å²) in [4.78, 5) is 20.3. The average Bonchev–Trinajstić information content (AvgIpc) is 2.71. The van der Waals surface area contributed by atoms with Crippen LogP contribution in [-0.2, 0) is 0 Å². The van der Waals surface area contributed by atoms with Gasteiger partial charge >= 0.3 is 0 Å². The molecular formula is C20H22N6. The molecule has 4 rings (SSSR count). The van der Waals surface area contributed by atoms with Gasteiger partial charge in [-0.15, -0.1) is 0 Å². The first-order valence-corrected chi connectivity index (χ1v) is 8.97. The van der Waals surface area contributed by atoms with Gasteiger partial charge < -0.3 is 10.2 Å². The number of nitrogens with zero attached hydrogens (tertiary/aromatic N) is 5. The van der Waals surface area contributed by atoms with Gasteiger partial charge in [0.25, 0.3) is 0 Å². The van der Waals surface area contributed by atoms with Crippen LogP contribution in [0.1, 0.15) is 30.0 Å². The quantitative estimate of drug-likeness (QED) is 0.777. The number of piperidine rings is 1. The summed E-state index contributed by atoms with van der Waals surface area (Å²) in [6.45, 7) is 3.92. The van der Waals surface area contributed by atoms with E-state index in [0.29, 0.717) is 5.92 Å². The fourth-order valence-corrected chi connectivity index (χ4v) is 3.34. The van der Waals surface area contributed by atoms with Gasteiger partial charge in [-0.3, -0.25) is 0 Å². The Kier molecular flexibility index (Phi) is 4.73. The molecule has 0 unspecified atom stereocenters. The summed E-state index contributed by atoms with van der Waals surface area (Å²) >= 11 is 0. The van der Waals surface area contributed by atoms with Gasteiger partial charge in [0.15, 0.2) is 0 Å². The predicted molar refractivity (Wildman–Crippen MR) is 103 cm³/mol. The Bertz CT molecular complexity index is 867. The van der Waals surface area contributed by atoms with Crippen LogP contribution >= 0.6 is 0 Å². The van der Waals surface area contributed by atoms with E-state index in [1.807, 2.05) is 31.2 Å². The zero-order chi connectivity index (χ0) is 17.8. The number of aryl methyl sites for hydroxylation is 1. The molecule has 3 aromatic heterocycles. The van der Waals surface area contributed by atoms with Crippen LogP contribution < -0.4 is 10.2 Å². The third-order valence-corrected chi connectivity index (χ3v) is 4.70. The lowest BCUT2D eigenvalue weighted by atomic mass is 9.94. The van der Waals surface area contributed by atoms with E-state index in [2.05, 4.69) is 37.3 Å². The van der Waals surface area contributed by atoms with Gasteiger partial charge in [0, 0.05) is 43.3 Å². The minimum atomic E-state index is 0.374. The van der Waals surface area contributed by atoms with Gasteiger partial charge in [0.05, 0.1) is 0 Å². The van der Waals surface area contributed by atoms with Crippen LogP contribution in [0.4, 0.5) is 17.6 Å². The topological polar surface area (TPSA) is 66.8 Å². The van der Waals surface area contributed by atoms with Crippen molar-refractivity contribution in [3.63, 3.8) is 0 Å². The van der Waals surface area contributed by atoms with Gasteiger partial charge in [0.1, 0.15) is 11.6 Å². The molecule has 0 aromatic carbocycles. The SMILES string of the molecule is Cc1cccnc1Nc1cccc([C@@H]2CCCN(c3ncccn3)C2)n1. The molecule has 6 heteroatoms. The van der Waals surface area contributed by atoms with Crippen molar-refractivity contribution in [1.82, 2.24) is 19.9 Å². The second-order valence-electron chi connectivity index (χ2n) is 6.58. The molecule has 0 amide bonds. The molecule has 132 valence electrons. The van der Waals surface area contributed by atoms with E-state index in [4.69, 9.17) is 4.98 Å². The molecule has 1 aliphatic rings. The minimum absolute atomic E-state index is 0.374. The number of aromatic nitrogens is 4. The lowest BCUT2D eigenvalue weighted by Gasteiger charge is -2.32. The van der Waals surface area contributed by atoms with Gasteiger partial charge in [-0.2, -0.15) is 0 Å². The molecule has 0 spiro atoms. The number of hydrogen-bond donors (Lipinski definition) is 1. The Morgan fingerprint density at radius 3 is 2.69 bits per heavy atom. The third kappa shape index (κ3) is 3.64. The second kappa shape index (κ2) is 7.47.